The number of carbonyl (C=O) groups excluding carboxylic acids is 3. The number of rotatable bonds is 8. The van der Waals surface area contributed by atoms with Gasteiger partial charge in [0.05, 0.1) is 30.5 Å². The summed E-state index contributed by atoms with van der Waals surface area (Å²) in [6.45, 7) is 6.80. The van der Waals surface area contributed by atoms with Crippen LogP contribution in [0.3, 0.4) is 0 Å². The molecule has 1 unspecified atom stereocenters. The minimum Gasteiger partial charge on any atom is -0.507 e. The summed E-state index contributed by atoms with van der Waals surface area (Å²) in [5, 5.41) is 11.6. The molecule has 3 aromatic rings. The third-order valence-electron chi connectivity index (χ3n) is 6.38. The van der Waals surface area contributed by atoms with Crippen molar-refractivity contribution in [1.82, 2.24) is 4.98 Å². The van der Waals surface area contributed by atoms with Crippen LogP contribution in [0.4, 0.5) is 5.13 Å². The first-order chi connectivity index (χ1) is 19.3. The van der Waals surface area contributed by atoms with Gasteiger partial charge in [-0.15, -0.1) is 0 Å². The van der Waals surface area contributed by atoms with Crippen LogP contribution in [0.2, 0.25) is 0 Å². The van der Waals surface area contributed by atoms with Gasteiger partial charge in [-0.3, -0.25) is 14.5 Å². The van der Waals surface area contributed by atoms with Crippen molar-refractivity contribution in [3.63, 3.8) is 0 Å². The van der Waals surface area contributed by atoms with Gasteiger partial charge in [0, 0.05) is 5.56 Å². The standard InChI is InChI=1S/C29H28N2O8S/c1-4-12-37-19-9-6-17(7-10-19)23-22(24(32)18-8-11-20-21(15-18)39-14-13-38-20)25(33)27(34)31(23)29-30-16(3)26(40-29)28(35)36-5-2/h6-11,15,23,32H,4-5,12-14H2,1-3H3. The number of aliphatic hydroxyl groups excluding tert-OH is 1. The Morgan fingerprint density at radius 3 is 2.52 bits per heavy atom. The highest BCUT2D eigenvalue weighted by Crippen LogP contribution is 2.45. The van der Waals surface area contributed by atoms with Gasteiger partial charge in [0.25, 0.3) is 5.78 Å². The van der Waals surface area contributed by atoms with Crippen LogP contribution in [0.25, 0.3) is 5.76 Å². The lowest BCUT2D eigenvalue weighted by Crippen LogP contribution is -2.29. The van der Waals surface area contributed by atoms with Crippen molar-refractivity contribution >= 4 is 39.9 Å². The monoisotopic (exact) mass is 564 g/mol. The fraction of sp³-hybridized carbons (Fsp3) is 0.310. The molecule has 0 spiro atoms. The van der Waals surface area contributed by atoms with E-state index in [1.54, 1.807) is 56.3 Å². The van der Waals surface area contributed by atoms with Gasteiger partial charge < -0.3 is 24.1 Å². The molecule has 0 bridgehead atoms. The summed E-state index contributed by atoms with van der Waals surface area (Å²) in [4.78, 5) is 45.4. The van der Waals surface area contributed by atoms with E-state index < -0.39 is 23.7 Å². The van der Waals surface area contributed by atoms with Crippen LogP contribution in [-0.2, 0) is 14.3 Å². The van der Waals surface area contributed by atoms with Crippen molar-refractivity contribution < 1.29 is 38.4 Å². The lowest BCUT2D eigenvalue weighted by Gasteiger charge is -2.23. The second-order valence-electron chi connectivity index (χ2n) is 9.08. The molecule has 2 aliphatic rings. The Morgan fingerprint density at radius 2 is 1.82 bits per heavy atom. The van der Waals surface area contributed by atoms with Crippen molar-refractivity contribution in [3.8, 4) is 17.2 Å². The maximum Gasteiger partial charge on any atom is 0.350 e. The Kier molecular flexibility index (Phi) is 7.74. The highest BCUT2D eigenvalue weighted by atomic mass is 32.1. The largest absolute Gasteiger partial charge is 0.507 e. The number of amides is 1. The topological polar surface area (TPSA) is 124 Å². The number of esters is 1. The summed E-state index contributed by atoms with van der Waals surface area (Å²) in [7, 11) is 0. The van der Waals surface area contributed by atoms with Crippen molar-refractivity contribution in [2.45, 2.75) is 33.2 Å². The molecule has 0 aliphatic carbocycles. The van der Waals surface area contributed by atoms with Crippen LogP contribution in [0.1, 0.15) is 52.8 Å². The van der Waals surface area contributed by atoms with Gasteiger partial charge in [0.15, 0.2) is 16.6 Å². The van der Waals surface area contributed by atoms with Crippen molar-refractivity contribution in [3.05, 3.63) is 69.7 Å². The summed E-state index contributed by atoms with van der Waals surface area (Å²) in [6, 6.07) is 10.7. The second-order valence-corrected chi connectivity index (χ2v) is 10.1. The molecular weight excluding hydrogens is 536 g/mol. The molecule has 3 heterocycles. The van der Waals surface area contributed by atoms with Crippen molar-refractivity contribution in [1.29, 1.82) is 0 Å². The number of thiazole rings is 1. The summed E-state index contributed by atoms with van der Waals surface area (Å²) >= 11 is 0.953. The minimum atomic E-state index is -1.02. The van der Waals surface area contributed by atoms with Crippen molar-refractivity contribution in [2.24, 2.45) is 0 Å². The van der Waals surface area contributed by atoms with E-state index in [9.17, 15) is 19.5 Å². The molecule has 1 saturated heterocycles. The molecule has 11 heteroatoms. The molecule has 1 amide bonds. The van der Waals surface area contributed by atoms with Crippen LogP contribution in [0.15, 0.2) is 48.0 Å². The number of fused-ring (bicyclic) bond motifs is 1. The zero-order valence-electron chi connectivity index (χ0n) is 22.3. The molecule has 5 rings (SSSR count). The number of ether oxygens (including phenoxy) is 4. The van der Waals surface area contributed by atoms with Crippen LogP contribution in [0.5, 0.6) is 17.2 Å². The Hall–Kier alpha value is -4.38. The molecule has 1 fully saturated rings. The third-order valence-corrected chi connectivity index (χ3v) is 7.52. The number of ketones is 1. The van der Waals surface area contributed by atoms with Crippen LogP contribution >= 0.6 is 11.3 Å². The molecule has 2 aromatic carbocycles. The average Bonchev–Trinajstić information content (AvgIpc) is 3.48. The lowest BCUT2D eigenvalue weighted by molar-refractivity contribution is -0.132. The Labute approximate surface area is 234 Å². The SMILES string of the molecule is CCCOc1ccc(C2C(=C(O)c3ccc4c(c3)OCCO4)C(=O)C(=O)N2c2nc(C)c(C(=O)OCC)s2)cc1. The predicted molar refractivity (Wildman–Crippen MR) is 147 cm³/mol. The number of nitrogens with zero attached hydrogens (tertiary/aromatic N) is 2. The number of benzene rings is 2. The summed E-state index contributed by atoms with van der Waals surface area (Å²) in [5.74, 6) is -1.11. The molecule has 0 saturated carbocycles. The van der Waals surface area contributed by atoms with E-state index in [-0.39, 0.29) is 33.5 Å². The summed E-state index contributed by atoms with van der Waals surface area (Å²) < 4.78 is 22.0. The number of aryl methyl sites for hydroxylation is 1. The fourth-order valence-corrected chi connectivity index (χ4v) is 5.52. The lowest BCUT2D eigenvalue weighted by atomic mass is 9.95. The number of hydrogen-bond acceptors (Lipinski definition) is 10. The zero-order chi connectivity index (χ0) is 28.4. The van der Waals surface area contributed by atoms with E-state index in [1.165, 1.54) is 4.90 Å². The molecular formula is C29H28N2O8S. The Morgan fingerprint density at radius 1 is 1.10 bits per heavy atom. The molecule has 1 aromatic heterocycles. The van der Waals surface area contributed by atoms with Gasteiger partial charge in [0.1, 0.15) is 29.6 Å². The van der Waals surface area contributed by atoms with Gasteiger partial charge in [-0.25, -0.2) is 9.78 Å². The molecule has 2 aliphatic heterocycles. The van der Waals surface area contributed by atoms with E-state index in [2.05, 4.69) is 4.98 Å². The molecule has 1 atom stereocenters. The first-order valence-corrected chi connectivity index (χ1v) is 13.7. The molecule has 40 heavy (non-hydrogen) atoms. The summed E-state index contributed by atoms with van der Waals surface area (Å²) in [5.41, 5.74) is 1.09. The first kappa shape index (κ1) is 27.2. The van der Waals surface area contributed by atoms with Crippen LogP contribution in [0, 0.1) is 6.92 Å². The van der Waals surface area contributed by atoms with Gasteiger partial charge in [0.2, 0.25) is 0 Å². The fourth-order valence-electron chi connectivity index (χ4n) is 4.53. The van der Waals surface area contributed by atoms with Crippen LogP contribution < -0.4 is 19.1 Å². The third kappa shape index (κ3) is 5.00. The number of aliphatic hydroxyl groups is 1. The minimum absolute atomic E-state index is 0.116. The van der Waals surface area contributed by atoms with Gasteiger partial charge in [-0.2, -0.15) is 0 Å². The normalized spacial score (nSPS) is 17.7. The van der Waals surface area contributed by atoms with Gasteiger partial charge in [-0.1, -0.05) is 30.4 Å². The molecule has 10 nitrogen and oxygen atoms in total. The highest BCUT2D eigenvalue weighted by molar-refractivity contribution is 7.17. The van der Waals surface area contributed by atoms with E-state index in [0.717, 1.165) is 17.8 Å². The zero-order valence-corrected chi connectivity index (χ0v) is 23.1. The maximum atomic E-state index is 13.5. The quantitative estimate of drug-likeness (QED) is 0.178. The van der Waals surface area contributed by atoms with Gasteiger partial charge in [-0.05, 0) is 56.2 Å². The average molecular weight is 565 g/mol. The number of carbonyl (C=O) groups is 3. The molecule has 1 N–H and O–H groups in total. The van der Waals surface area contributed by atoms with E-state index in [0.29, 0.717) is 48.3 Å². The van der Waals surface area contributed by atoms with E-state index in [1.807, 2.05) is 6.92 Å². The number of aromatic nitrogens is 1. The maximum absolute atomic E-state index is 13.5. The van der Waals surface area contributed by atoms with E-state index in [4.69, 9.17) is 18.9 Å². The highest BCUT2D eigenvalue weighted by Gasteiger charge is 2.48. The van der Waals surface area contributed by atoms with Crippen LogP contribution in [-0.4, -0.2) is 54.2 Å². The van der Waals surface area contributed by atoms with E-state index >= 15 is 0 Å². The Balaban J connectivity index is 1.63. The number of anilines is 1. The predicted octanol–water partition coefficient (Wildman–Crippen LogP) is 4.81. The van der Waals surface area contributed by atoms with Crippen molar-refractivity contribution in [2.75, 3.05) is 31.3 Å². The molecule has 0 radical (unpaired) electrons. The smallest absolute Gasteiger partial charge is 0.350 e. The number of hydrogen-bond donors (Lipinski definition) is 1. The Bertz CT molecular complexity index is 1490. The first-order valence-electron chi connectivity index (χ1n) is 12.9. The number of Topliss-reactive ketones (excluding diaryl/α,β-unsaturated/α-hetero) is 1. The van der Waals surface area contributed by atoms with Gasteiger partial charge >= 0.3 is 11.9 Å². The summed E-state index contributed by atoms with van der Waals surface area (Å²) in [6.07, 6.45) is 0.837. The second kappa shape index (κ2) is 11.4. The molecule has 208 valence electrons.